The quantitative estimate of drug-likeness (QED) is 0.169. The first-order valence-corrected chi connectivity index (χ1v) is 20.4. The van der Waals surface area contributed by atoms with Crippen LogP contribution >= 0.6 is 0 Å². The summed E-state index contributed by atoms with van der Waals surface area (Å²) in [5.74, 6) is 0.702. The minimum atomic E-state index is 0.702. The van der Waals surface area contributed by atoms with Crippen molar-refractivity contribution in [3.8, 4) is 56.3 Å². The van der Waals surface area contributed by atoms with Crippen molar-refractivity contribution in [2.24, 2.45) is 0 Å². The Hall–Kier alpha value is -8.08. The van der Waals surface area contributed by atoms with Crippen LogP contribution in [-0.2, 0) is 0 Å². The zero-order valence-electron chi connectivity index (χ0n) is 32.6. The predicted octanol–water partition coefficient (Wildman–Crippen LogP) is 14.5. The Morgan fingerprint density at radius 1 is 0.300 bits per heavy atom. The Bertz CT molecular complexity index is 3570. The van der Waals surface area contributed by atoms with Crippen LogP contribution in [0.4, 0.5) is 0 Å². The van der Waals surface area contributed by atoms with Gasteiger partial charge < -0.3 is 9.13 Å². The molecule has 0 unspecified atom stereocenters. The molecule has 0 spiro atoms. The summed E-state index contributed by atoms with van der Waals surface area (Å²) in [6.45, 7) is 0. The second kappa shape index (κ2) is 13.8. The largest absolute Gasteiger partial charge is 0.309 e. The van der Waals surface area contributed by atoms with E-state index in [-0.39, 0.29) is 0 Å². The molecule has 0 aliphatic heterocycles. The van der Waals surface area contributed by atoms with Crippen molar-refractivity contribution < 1.29 is 0 Å². The Labute approximate surface area is 346 Å². The molecule has 4 heteroatoms. The summed E-state index contributed by atoms with van der Waals surface area (Å²) < 4.78 is 4.74. The molecular weight excluding hydrogens is 729 g/mol. The Morgan fingerprint density at radius 2 is 0.833 bits per heavy atom. The SMILES string of the molecule is c1ccc(-c2nc(-c3ccc(-c4cccc5c4c4ccccc4n5-c4ccccc4)cc3)nc3ccc(-c4ccc5c6ccccc6n(-c6ccccc6)c5c4)cc23)cc1. The van der Waals surface area contributed by atoms with Gasteiger partial charge in [-0.1, -0.05) is 158 Å². The van der Waals surface area contributed by atoms with Crippen molar-refractivity contribution >= 4 is 54.5 Å². The van der Waals surface area contributed by atoms with E-state index in [1.165, 1.54) is 49.2 Å². The lowest BCUT2D eigenvalue weighted by Crippen LogP contribution is -1.96. The fourth-order valence-corrected chi connectivity index (χ4v) is 9.17. The molecule has 12 aromatic rings. The second-order valence-corrected chi connectivity index (χ2v) is 15.4. The molecule has 12 rings (SSSR count). The highest BCUT2D eigenvalue weighted by atomic mass is 15.0. The maximum absolute atomic E-state index is 5.32. The highest BCUT2D eigenvalue weighted by molar-refractivity contribution is 6.16. The fourth-order valence-electron chi connectivity index (χ4n) is 9.17. The van der Waals surface area contributed by atoms with E-state index < -0.39 is 0 Å². The molecule has 9 aromatic carbocycles. The van der Waals surface area contributed by atoms with Crippen molar-refractivity contribution in [2.75, 3.05) is 0 Å². The molecule has 4 nitrogen and oxygen atoms in total. The van der Waals surface area contributed by atoms with Crippen LogP contribution < -0.4 is 0 Å². The van der Waals surface area contributed by atoms with E-state index in [0.29, 0.717) is 5.82 Å². The van der Waals surface area contributed by atoms with Crippen LogP contribution in [0.1, 0.15) is 0 Å². The van der Waals surface area contributed by atoms with Crippen LogP contribution in [0.3, 0.4) is 0 Å². The molecule has 0 radical (unpaired) electrons. The van der Waals surface area contributed by atoms with Gasteiger partial charge in [0.25, 0.3) is 0 Å². The number of para-hydroxylation sites is 4. The molecule has 0 aliphatic rings. The summed E-state index contributed by atoms with van der Waals surface area (Å²) in [4.78, 5) is 10.5. The van der Waals surface area contributed by atoms with Crippen molar-refractivity contribution in [3.05, 3.63) is 218 Å². The number of rotatable bonds is 6. The Balaban J connectivity index is 0.971. The van der Waals surface area contributed by atoms with Gasteiger partial charge in [0.05, 0.1) is 33.3 Å². The summed E-state index contributed by atoms with van der Waals surface area (Å²) in [6.07, 6.45) is 0. The molecule has 0 bridgehead atoms. The smallest absolute Gasteiger partial charge is 0.160 e. The minimum Gasteiger partial charge on any atom is -0.309 e. The standard InChI is InChI=1S/C56H36N4/c1-4-15-38(16-5-1)55-48-35-40(41-31-33-46-45-21-10-12-24-50(45)60(53(46)36-41)43-19-8-3-9-20-43)32-34-49(48)57-56(58-55)39-29-27-37(28-30-39)44-23-14-26-52-54(44)47-22-11-13-25-51(47)59(52)42-17-6-2-7-18-42/h1-36H. The number of nitrogens with zero attached hydrogens (tertiary/aromatic N) is 4. The number of hydrogen-bond acceptors (Lipinski definition) is 2. The van der Waals surface area contributed by atoms with Crippen molar-refractivity contribution in [3.63, 3.8) is 0 Å². The first-order valence-electron chi connectivity index (χ1n) is 20.4. The lowest BCUT2D eigenvalue weighted by Gasteiger charge is -2.13. The summed E-state index contributed by atoms with van der Waals surface area (Å²) >= 11 is 0. The normalized spacial score (nSPS) is 11.7. The van der Waals surface area contributed by atoms with E-state index in [0.717, 1.165) is 55.8 Å². The molecular formula is C56H36N4. The van der Waals surface area contributed by atoms with Crippen molar-refractivity contribution in [2.45, 2.75) is 0 Å². The molecule has 0 fully saturated rings. The molecule has 0 N–H and O–H groups in total. The van der Waals surface area contributed by atoms with Crippen LogP contribution in [0.15, 0.2) is 218 Å². The first-order chi connectivity index (χ1) is 29.8. The predicted molar refractivity (Wildman–Crippen MR) is 250 cm³/mol. The van der Waals surface area contributed by atoms with Gasteiger partial charge in [-0.3, -0.25) is 0 Å². The van der Waals surface area contributed by atoms with Gasteiger partial charge in [-0.15, -0.1) is 0 Å². The van der Waals surface area contributed by atoms with Gasteiger partial charge in [0.1, 0.15) is 0 Å². The third-order valence-electron chi connectivity index (χ3n) is 11.9. The second-order valence-electron chi connectivity index (χ2n) is 15.4. The molecule has 0 atom stereocenters. The van der Waals surface area contributed by atoms with Gasteiger partial charge in [-0.25, -0.2) is 9.97 Å². The molecule has 3 heterocycles. The van der Waals surface area contributed by atoms with E-state index in [1.807, 2.05) is 0 Å². The summed E-state index contributed by atoms with van der Waals surface area (Å²) in [5.41, 5.74) is 15.5. The maximum atomic E-state index is 5.32. The van der Waals surface area contributed by atoms with Gasteiger partial charge in [0, 0.05) is 49.4 Å². The van der Waals surface area contributed by atoms with Gasteiger partial charge in [0.2, 0.25) is 0 Å². The van der Waals surface area contributed by atoms with Gasteiger partial charge in [-0.05, 0) is 82.9 Å². The number of aromatic nitrogens is 4. The molecule has 280 valence electrons. The lowest BCUT2D eigenvalue weighted by atomic mass is 9.97. The molecule has 60 heavy (non-hydrogen) atoms. The number of benzene rings is 9. The number of fused-ring (bicyclic) bond motifs is 7. The maximum Gasteiger partial charge on any atom is 0.160 e. The average Bonchev–Trinajstić information content (AvgIpc) is 3.85. The molecule has 0 aliphatic carbocycles. The van der Waals surface area contributed by atoms with Gasteiger partial charge >= 0.3 is 0 Å². The average molecular weight is 765 g/mol. The number of hydrogen-bond donors (Lipinski definition) is 0. The molecule has 0 saturated carbocycles. The third kappa shape index (κ3) is 5.46. The van der Waals surface area contributed by atoms with Crippen LogP contribution in [0.5, 0.6) is 0 Å². The zero-order valence-corrected chi connectivity index (χ0v) is 32.6. The summed E-state index contributed by atoms with van der Waals surface area (Å²) in [6, 6.07) is 77.9. The van der Waals surface area contributed by atoms with E-state index in [9.17, 15) is 0 Å². The Morgan fingerprint density at radius 3 is 1.57 bits per heavy atom. The summed E-state index contributed by atoms with van der Waals surface area (Å²) in [5, 5.41) is 5.98. The van der Waals surface area contributed by atoms with Gasteiger partial charge in [0.15, 0.2) is 5.82 Å². The molecule has 0 amide bonds. The topological polar surface area (TPSA) is 35.6 Å². The van der Waals surface area contributed by atoms with E-state index in [1.54, 1.807) is 0 Å². The highest BCUT2D eigenvalue weighted by Crippen LogP contribution is 2.40. The third-order valence-corrected chi connectivity index (χ3v) is 11.9. The lowest BCUT2D eigenvalue weighted by molar-refractivity contribution is 1.18. The molecule has 0 saturated heterocycles. The Kier molecular flexibility index (Phi) is 7.82. The zero-order chi connectivity index (χ0) is 39.6. The summed E-state index contributed by atoms with van der Waals surface area (Å²) in [7, 11) is 0. The van der Waals surface area contributed by atoms with Crippen LogP contribution in [-0.4, -0.2) is 19.1 Å². The van der Waals surface area contributed by atoms with Crippen LogP contribution in [0.2, 0.25) is 0 Å². The monoisotopic (exact) mass is 764 g/mol. The minimum absolute atomic E-state index is 0.702. The molecule has 3 aromatic heterocycles. The van der Waals surface area contributed by atoms with Crippen molar-refractivity contribution in [1.29, 1.82) is 0 Å². The van der Waals surface area contributed by atoms with Gasteiger partial charge in [-0.2, -0.15) is 0 Å². The first kappa shape index (κ1) is 34.0. The van der Waals surface area contributed by atoms with E-state index in [2.05, 4.69) is 228 Å². The highest BCUT2D eigenvalue weighted by Gasteiger charge is 2.18. The van der Waals surface area contributed by atoms with Crippen molar-refractivity contribution in [1.82, 2.24) is 19.1 Å². The van der Waals surface area contributed by atoms with Crippen LogP contribution in [0, 0.1) is 0 Å². The fraction of sp³-hybridized carbons (Fsp3) is 0. The van der Waals surface area contributed by atoms with E-state index in [4.69, 9.17) is 9.97 Å². The van der Waals surface area contributed by atoms with E-state index >= 15 is 0 Å². The van der Waals surface area contributed by atoms with Crippen LogP contribution in [0.25, 0.3) is 111 Å².